The molecule has 0 aliphatic heterocycles. The van der Waals surface area contributed by atoms with Crippen LogP contribution in [0.4, 0.5) is 4.39 Å². The lowest BCUT2D eigenvalue weighted by Gasteiger charge is -2.22. The molecule has 0 amide bonds. The Balaban J connectivity index is 2.69. The molecule has 1 heterocycles. The van der Waals surface area contributed by atoms with Crippen LogP contribution in [0.15, 0.2) is 15.9 Å². The third kappa shape index (κ3) is 3.04. The molecule has 0 bridgehead atoms. The van der Waals surface area contributed by atoms with Crippen molar-refractivity contribution in [3.05, 3.63) is 20.8 Å². The van der Waals surface area contributed by atoms with Gasteiger partial charge in [-0.3, -0.25) is 0 Å². The van der Waals surface area contributed by atoms with Gasteiger partial charge in [-0.1, -0.05) is 13.3 Å². The maximum atomic E-state index is 14.1. The minimum absolute atomic E-state index is 0.102. The summed E-state index contributed by atoms with van der Waals surface area (Å²) in [6.07, 6.45) is 1.79. The lowest BCUT2D eigenvalue weighted by Crippen LogP contribution is -2.35. The van der Waals surface area contributed by atoms with E-state index in [-0.39, 0.29) is 6.54 Å². The van der Waals surface area contributed by atoms with Crippen molar-refractivity contribution in [1.82, 2.24) is 0 Å². The van der Waals surface area contributed by atoms with Gasteiger partial charge in [-0.05, 0) is 33.8 Å². The number of rotatable bonds is 5. The fourth-order valence-corrected chi connectivity index (χ4v) is 3.07. The molecule has 0 saturated heterocycles. The Morgan fingerprint density at radius 1 is 1.64 bits per heavy atom. The monoisotopic (exact) mass is 279 g/mol. The average Bonchev–Trinajstić information content (AvgIpc) is 2.52. The van der Waals surface area contributed by atoms with E-state index in [1.54, 1.807) is 11.3 Å². The number of hydrogen-bond acceptors (Lipinski definition) is 2. The van der Waals surface area contributed by atoms with Gasteiger partial charge >= 0.3 is 0 Å². The van der Waals surface area contributed by atoms with Crippen molar-refractivity contribution in [2.75, 3.05) is 6.54 Å². The third-order valence-electron chi connectivity index (χ3n) is 2.23. The highest BCUT2D eigenvalue weighted by molar-refractivity contribution is 9.10. The molecule has 4 heteroatoms. The van der Waals surface area contributed by atoms with Crippen LogP contribution in [0, 0.1) is 0 Å². The summed E-state index contributed by atoms with van der Waals surface area (Å²) in [4.78, 5) is 1.05. The molecule has 0 aliphatic rings. The SMILES string of the molecule is CCCC(F)(CN)Cc1sccc1Br. The van der Waals surface area contributed by atoms with Crippen LogP contribution in [-0.4, -0.2) is 12.2 Å². The molecular weight excluding hydrogens is 265 g/mol. The molecule has 0 saturated carbocycles. The molecule has 1 unspecified atom stereocenters. The second-order valence-electron chi connectivity index (χ2n) is 3.47. The standard InChI is InChI=1S/C10H15BrFNS/c1-2-4-10(12,7-13)6-9-8(11)3-5-14-9/h3,5H,2,4,6-7,13H2,1H3. The van der Waals surface area contributed by atoms with Crippen molar-refractivity contribution in [2.24, 2.45) is 5.73 Å². The van der Waals surface area contributed by atoms with Gasteiger partial charge in [0.15, 0.2) is 0 Å². The maximum absolute atomic E-state index is 14.1. The molecule has 1 atom stereocenters. The quantitative estimate of drug-likeness (QED) is 0.877. The summed E-state index contributed by atoms with van der Waals surface area (Å²) in [5.74, 6) is 0. The smallest absolute Gasteiger partial charge is 0.128 e. The Bertz CT molecular complexity index is 289. The molecule has 0 spiro atoms. The lowest BCUT2D eigenvalue weighted by molar-refractivity contribution is 0.159. The molecule has 80 valence electrons. The van der Waals surface area contributed by atoms with Gasteiger partial charge in [0.25, 0.3) is 0 Å². The molecule has 2 N–H and O–H groups in total. The fraction of sp³-hybridized carbons (Fsp3) is 0.600. The molecule has 14 heavy (non-hydrogen) atoms. The van der Waals surface area contributed by atoms with Crippen LogP contribution in [0.3, 0.4) is 0 Å². The Labute approximate surface area is 96.6 Å². The fourth-order valence-electron chi connectivity index (χ4n) is 1.45. The van der Waals surface area contributed by atoms with Crippen LogP contribution in [-0.2, 0) is 6.42 Å². The first-order chi connectivity index (χ1) is 6.61. The summed E-state index contributed by atoms with van der Waals surface area (Å²) >= 11 is 4.98. The molecular formula is C10H15BrFNS. The van der Waals surface area contributed by atoms with E-state index in [4.69, 9.17) is 5.73 Å². The zero-order valence-corrected chi connectivity index (χ0v) is 10.6. The molecule has 0 fully saturated rings. The normalized spacial score (nSPS) is 15.4. The highest BCUT2D eigenvalue weighted by Gasteiger charge is 2.28. The molecule has 0 aromatic carbocycles. The minimum Gasteiger partial charge on any atom is -0.328 e. The number of hydrogen-bond donors (Lipinski definition) is 1. The lowest BCUT2D eigenvalue weighted by atomic mass is 9.95. The van der Waals surface area contributed by atoms with Gasteiger partial charge in [-0.2, -0.15) is 0 Å². The van der Waals surface area contributed by atoms with Crippen LogP contribution in [0.5, 0.6) is 0 Å². The zero-order valence-electron chi connectivity index (χ0n) is 8.22. The summed E-state index contributed by atoms with van der Waals surface area (Å²) in [6, 6.07) is 1.95. The first-order valence-electron chi connectivity index (χ1n) is 4.72. The van der Waals surface area contributed by atoms with Crippen LogP contribution in [0.25, 0.3) is 0 Å². The predicted octanol–water partition coefficient (Wildman–Crippen LogP) is 3.52. The molecule has 0 radical (unpaired) electrons. The van der Waals surface area contributed by atoms with Crippen molar-refractivity contribution in [1.29, 1.82) is 0 Å². The second kappa shape index (κ2) is 5.24. The maximum Gasteiger partial charge on any atom is 0.128 e. The molecule has 0 aliphatic carbocycles. The summed E-state index contributed by atoms with van der Waals surface area (Å²) < 4.78 is 15.1. The average molecular weight is 280 g/mol. The van der Waals surface area contributed by atoms with Crippen LogP contribution < -0.4 is 5.73 Å². The number of halogens is 2. The van der Waals surface area contributed by atoms with Crippen LogP contribution in [0.2, 0.25) is 0 Å². The van der Waals surface area contributed by atoms with E-state index in [0.717, 1.165) is 15.8 Å². The number of nitrogens with two attached hydrogens (primary N) is 1. The van der Waals surface area contributed by atoms with Gasteiger partial charge in [0, 0.05) is 22.3 Å². The van der Waals surface area contributed by atoms with E-state index < -0.39 is 5.67 Å². The van der Waals surface area contributed by atoms with Gasteiger partial charge in [0.05, 0.1) is 0 Å². The van der Waals surface area contributed by atoms with Crippen molar-refractivity contribution < 1.29 is 4.39 Å². The molecule has 1 aromatic heterocycles. The predicted molar refractivity (Wildman–Crippen MR) is 63.5 cm³/mol. The van der Waals surface area contributed by atoms with Crippen molar-refractivity contribution in [3.8, 4) is 0 Å². The second-order valence-corrected chi connectivity index (χ2v) is 5.33. The van der Waals surface area contributed by atoms with Gasteiger partial charge < -0.3 is 5.73 Å². The van der Waals surface area contributed by atoms with Gasteiger partial charge in [0.1, 0.15) is 5.67 Å². The summed E-state index contributed by atoms with van der Waals surface area (Å²) in [7, 11) is 0. The summed E-state index contributed by atoms with van der Waals surface area (Å²) in [6.45, 7) is 2.08. The highest BCUT2D eigenvalue weighted by atomic mass is 79.9. The summed E-state index contributed by atoms with van der Waals surface area (Å²) in [5, 5.41) is 1.96. The van der Waals surface area contributed by atoms with E-state index in [1.165, 1.54) is 0 Å². The highest BCUT2D eigenvalue weighted by Crippen LogP contribution is 2.30. The van der Waals surface area contributed by atoms with E-state index >= 15 is 0 Å². The number of alkyl halides is 1. The Morgan fingerprint density at radius 2 is 2.36 bits per heavy atom. The van der Waals surface area contributed by atoms with E-state index in [2.05, 4.69) is 15.9 Å². The van der Waals surface area contributed by atoms with E-state index in [0.29, 0.717) is 12.8 Å². The van der Waals surface area contributed by atoms with Crippen molar-refractivity contribution in [2.45, 2.75) is 31.9 Å². The number of thiophene rings is 1. The Kier molecular flexibility index (Phi) is 4.54. The Morgan fingerprint density at radius 3 is 2.79 bits per heavy atom. The molecule has 1 rings (SSSR count). The van der Waals surface area contributed by atoms with Gasteiger partial charge in [-0.15, -0.1) is 11.3 Å². The molecule has 1 nitrogen and oxygen atoms in total. The van der Waals surface area contributed by atoms with Crippen molar-refractivity contribution >= 4 is 27.3 Å². The third-order valence-corrected chi connectivity index (χ3v) is 4.16. The topological polar surface area (TPSA) is 26.0 Å². The van der Waals surface area contributed by atoms with Gasteiger partial charge in [-0.25, -0.2) is 4.39 Å². The minimum atomic E-state index is -1.23. The largest absolute Gasteiger partial charge is 0.328 e. The van der Waals surface area contributed by atoms with Crippen LogP contribution >= 0.6 is 27.3 Å². The van der Waals surface area contributed by atoms with E-state index in [1.807, 2.05) is 18.4 Å². The first-order valence-corrected chi connectivity index (χ1v) is 6.39. The van der Waals surface area contributed by atoms with Gasteiger partial charge in [0.2, 0.25) is 0 Å². The summed E-state index contributed by atoms with van der Waals surface area (Å²) in [5.41, 5.74) is 4.24. The van der Waals surface area contributed by atoms with Crippen molar-refractivity contribution in [3.63, 3.8) is 0 Å². The van der Waals surface area contributed by atoms with E-state index in [9.17, 15) is 4.39 Å². The van der Waals surface area contributed by atoms with Crippen LogP contribution in [0.1, 0.15) is 24.6 Å². The molecule has 1 aromatic rings. The Hall–Kier alpha value is 0.0700. The first kappa shape index (κ1) is 12.1. The zero-order chi connectivity index (χ0) is 10.6.